The SMILES string of the molecule is C=CC(=O)OCCCC.CCC(C)=O. The molecule has 0 aromatic rings. The second kappa shape index (κ2) is 11.9. The zero-order chi connectivity index (χ0) is 11.4. The maximum Gasteiger partial charge on any atom is 0.330 e. The van der Waals surface area contributed by atoms with Crippen LogP contribution in [0.5, 0.6) is 0 Å². The molecule has 14 heavy (non-hydrogen) atoms. The Morgan fingerprint density at radius 3 is 2.14 bits per heavy atom. The molecule has 0 rings (SSSR count). The van der Waals surface area contributed by atoms with Crippen LogP contribution in [0.1, 0.15) is 40.0 Å². The van der Waals surface area contributed by atoms with Crippen molar-refractivity contribution in [2.24, 2.45) is 0 Å². The Morgan fingerprint density at radius 2 is 1.86 bits per heavy atom. The molecular formula is C11H20O3. The molecule has 3 heteroatoms. The van der Waals surface area contributed by atoms with Gasteiger partial charge in [-0.15, -0.1) is 0 Å². The highest BCUT2D eigenvalue weighted by atomic mass is 16.5. The zero-order valence-electron chi connectivity index (χ0n) is 9.34. The normalized spacial score (nSPS) is 8.21. The molecule has 3 nitrogen and oxygen atoms in total. The fourth-order valence-electron chi connectivity index (χ4n) is 0.376. The fraction of sp³-hybridized carbons (Fsp3) is 0.636. The highest BCUT2D eigenvalue weighted by Crippen LogP contribution is 1.88. The van der Waals surface area contributed by atoms with Crippen LogP contribution in [0.25, 0.3) is 0 Å². The molecular weight excluding hydrogens is 180 g/mol. The Labute approximate surface area is 86.1 Å². The number of rotatable bonds is 5. The maximum atomic E-state index is 10.3. The smallest absolute Gasteiger partial charge is 0.330 e. The summed E-state index contributed by atoms with van der Waals surface area (Å²) >= 11 is 0. The van der Waals surface area contributed by atoms with Crippen molar-refractivity contribution in [3.05, 3.63) is 12.7 Å². The molecule has 0 aromatic heterocycles. The second-order valence-electron chi connectivity index (χ2n) is 2.78. The predicted octanol–water partition coefficient (Wildman–Crippen LogP) is 2.50. The van der Waals surface area contributed by atoms with E-state index in [0.717, 1.165) is 12.8 Å². The molecule has 0 aliphatic rings. The van der Waals surface area contributed by atoms with E-state index in [1.54, 1.807) is 6.92 Å². The molecule has 0 unspecified atom stereocenters. The number of ketones is 1. The summed E-state index contributed by atoms with van der Waals surface area (Å²) in [5.41, 5.74) is 0. The van der Waals surface area contributed by atoms with Gasteiger partial charge in [-0.3, -0.25) is 0 Å². The van der Waals surface area contributed by atoms with Crippen molar-refractivity contribution >= 4 is 11.8 Å². The molecule has 0 aliphatic carbocycles. The minimum atomic E-state index is -0.330. The average Bonchev–Trinajstić information content (AvgIpc) is 2.19. The van der Waals surface area contributed by atoms with Crippen LogP contribution in [0, 0.1) is 0 Å². The largest absolute Gasteiger partial charge is 0.463 e. The van der Waals surface area contributed by atoms with E-state index in [9.17, 15) is 9.59 Å². The number of carbonyl (C=O) groups is 2. The lowest BCUT2D eigenvalue weighted by molar-refractivity contribution is -0.137. The molecule has 0 heterocycles. The summed E-state index contributed by atoms with van der Waals surface area (Å²) in [4.78, 5) is 20.2. The van der Waals surface area contributed by atoms with Gasteiger partial charge in [0.1, 0.15) is 5.78 Å². The van der Waals surface area contributed by atoms with E-state index in [-0.39, 0.29) is 11.8 Å². The third kappa shape index (κ3) is 17.1. The van der Waals surface area contributed by atoms with Gasteiger partial charge in [-0.2, -0.15) is 0 Å². The van der Waals surface area contributed by atoms with Crippen LogP contribution in [0.15, 0.2) is 12.7 Å². The Morgan fingerprint density at radius 1 is 1.36 bits per heavy atom. The summed E-state index contributed by atoms with van der Waals surface area (Å²) in [6.07, 6.45) is 3.82. The molecule has 82 valence electrons. The highest BCUT2D eigenvalue weighted by Gasteiger charge is 1.91. The maximum absolute atomic E-state index is 10.3. The van der Waals surface area contributed by atoms with Crippen molar-refractivity contribution < 1.29 is 14.3 Å². The first kappa shape index (κ1) is 15.4. The van der Waals surface area contributed by atoms with Gasteiger partial charge in [-0.25, -0.2) is 4.79 Å². The molecule has 0 aliphatic heterocycles. The van der Waals surface area contributed by atoms with Crippen LogP contribution < -0.4 is 0 Å². The molecule has 0 atom stereocenters. The first-order valence-corrected chi connectivity index (χ1v) is 4.87. The van der Waals surface area contributed by atoms with E-state index in [2.05, 4.69) is 11.3 Å². The van der Waals surface area contributed by atoms with Crippen LogP contribution in [0.3, 0.4) is 0 Å². The van der Waals surface area contributed by atoms with Crippen molar-refractivity contribution in [2.75, 3.05) is 6.61 Å². The third-order valence-electron chi connectivity index (χ3n) is 1.41. The molecule has 0 saturated carbocycles. The van der Waals surface area contributed by atoms with Crippen molar-refractivity contribution in [2.45, 2.75) is 40.0 Å². The van der Waals surface area contributed by atoms with Gasteiger partial charge in [-0.1, -0.05) is 26.8 Å². The number of hydrogen-bond donors (Lipinski definition) is 0. The van der Waals surface area contributed by atoms with Gasteiger partial charge in [0.25, 0.3) is 0 Å². The minimum Gasteiger partial charge on any atom is -0.463 e. The van der Waals surface area contributed by atoms with Gasteiger partial charge in [0, 0.05) is 12.5 Å². The number of Topliss-reactive ketones (excluding diaryl/α,β-unsaturated/α-hetero) is 1. The summed E-state index contributed by atoms with van der Waals surface area (Å²) in [7, 11) is 0. The van der Waals surface area contributed by atoms with E-state index in [1.165, 1.54) is 6.08 Å². The predicted molar refractivity (Wildman–Crippen MR) is 57.0 cm³/mol. The summed E-state index contributed by atoms with van der Waals surface area (Å²) in [5, 5.41) is 0. The number of hydrogen-bond acceptors (Lipinski definition) is 3. The van der Waals surface area contributed by atoms with E-state index < -0.39 is 0 Å². The van der Waals surface area contributed by atoms with Gasteiger partial charge >= 0.3 is 5.97 Å². The van der Waals surface area contributed by atoms with Crippen molar-refractivity contribution in [3.8, 4) is 0 Å². The molecule has 0 spiro atoms. The van der Waals surface area contributed by atoms with E-state index in [1.807, 2.05) is 13.8 Å². The van der Waals surface area contributed by atoms with Gasteiger partial charge in [0.15, 0.2) is 0 Å². The number of carbonyl (C=O) groups excluding carboxylic acids is 2. The quantitative estimate of drug-likeness (QED) is 0.389. The summed E-state index contributed by atoms with van der Waals surface area (Å²) < 4.78 is 4.67. The molecule has 0 fully saturated rings. The summed E-state index contributed by atoms with van der Waals surface area (Å²) in [5.74, 6) is -0.0755. The van der Waals surface area contributed by atoms with E-state index in [0.29, 0.717) is 13.0 Å². The molecule has 0 N–H and O–H groups in total. The van der Waals surface area contributed by atoms with Gasteiger partial charge < -0.3 is 9.53 Å². The lowest BCUT2D eigenvalue weighted by Crippen LogP contribution is -2.00. The average molecular weight is 200 g/mol. The highest BCUT2D eigenvalue weighted by molar-refractivity contribution is 5.81. The molecule has 0 amide bonds. The number of unbranched alkanes of at least 4 members (excludes halogenated alkanes) is 1. The second-order valence-corrected chi connectivity index (χ2v) is 2.78. The Kier molecular flexibility index (Phi) is 13.0. The summed E-state index contributed by atoms with van der Waals surface area (Å²) in [6.45, 7) is 9.26. The van der Waals surface area contributed by atoms with E-state index >= 15 is 0 Å². The Balaban J connectivity index is 0. The standard InChI is InChI=1S/C7H12O2.C4H8O/c1-3-5-6-9-7(8)4-2;1-3-4(2)5/h4H,2-3,5-6H2,1H3;3H2,1-2H3. The monoisotopic (exact) mass is 200 g/mol. The van der Waals surface area contributed by atoms with Crippen molar-refractivity contribution in [3.63, 3.8) is 0 Å². The zero-order valence-corrected chi connectivity index (χ0v) is 9.34. The third-order valence-corrected chi connectivity index (χ3v) is 1.41. The molecule has 0 radical (unpaired) electrons. The number of esters is 1. The first-order chi connectivity index (χ1) is 6.58. The first-order valence-electron chi connectivity index (χ1n) is 4.87. The molecule has 0 bridgehead atoms. The van der Waals surface area contributed by atoms with Crippen LogP contribution in [-0.4, -0.2) is 18.4 Å². The fourth-order valence-corrected chi connectivity index (χ4v) is 0.376. The lowest BCUT2D eigenvalue weighted by Gasteiger charge is -1.97. The van der Waals surface area contributed by atoms with Crippen LogP contribution in [-0.2, 0) is 14.3 Å². The summed E-state index contributed by atoms with van der Waals surface area (Å²) in [6, 6.07) is 0. The molecule has 0 aromatic carbocycles. The Bertz CT molecular complexity index is 173. The van der Waals surface area contributed by atoms with Crippen molar-refractivity contribution in [1.29, 1.82) is 0 Å². The minimum absolute atomic E-state index is 0.255. The van der Waals surface area contributed by atoms with Crippen molar-refractivity contribution in [1.82, 2.24) is 0 Å². The van der Waals surface area contributed by atoms with E-state index in [4.69, 9.17) is 0 Å². The number of ether oxygens (including phenoxy) is 1. The lowest BCUT2D eigenvalue weighted by atomic mass is 10.4. The van der Waals surface area contributed by atoms with Crippen LogP contribution in [0.2, 0.25) is 0 Å². The molecule has 0 saturated heterocycles. The van der Waals surface area contributed by atoms with Crippen LogP contribution in [0.4, 0.5) is 0 Å². The van der Waals surface area contributed by atoms with Gasteiger partial charge in [0.2, 0.25) is 0 Å². The van der Waals surface area contributed by atoms with Crippen LogP contribution >= 0.6 is 0 Å². The Hall–Kier alpha value is -1.12. The van der Waals surface area contributed by atoms with Gasteiger partial charge in [0.05, 0.1) is 6.61 Å². The van der Waals surface area contributed by atoms with Gasteiger partial charge in [-0.05, 0) is 13.3 Å². The topological polar surface area (TPSA) is 43.4 Å².